The molecule has 0 bridgehead atoms. The number of ether oxygens (including phenoxy) is 2. The van der Waals surface area contributed by atoms with Crippen molar-refractivity contribution in [1.82, 2.24) is 0 Å². The molecule has 130 valence electrons. The first-order valence-corrected chi connectivity index (χ1v) is 7.63. The molecule has 1 heterocycles. The van der Waals surface area contributed by atoms with E-state index < -0.39 is 28.8 Å². The highest BCUT2D eigenvalue weighted by atomic mass is 16.7. The maximum Gasteiger partial charge on any atom is 0.340 e. The Morgan fingerprint density at radius 3 is 2.19 bits per heavy atom. The number of carboxylic acid groups (broad SMARTS) is 2. The van der Waals surface area contributed by atoms with Gasteiger partial charge in [0.25, 0.3) is 0 Å². The zero-order valence-electron chi connectivity index (χ0n) is 13.2. The van der Waals surface area contributed by atoms with Gasteiger partial charge in [0, 0.05) is 10.9 Å². The summed E-state index contributed by atoms with van der Waals surface area (Å²) in [5.74, 6) is -2.58. The van der Waals surface area contributed by atoms with Gasteiger partial charge in [0.1, 0.15) is 11.3 Å². The van der Waals surface area contributed by atoms with E-state index in [-0.39, 0.29) is 17.7 Å². The molecule has 0 saturated heterocycles. The van der Waals surface area contributed by atoms with Gasteiger partial charge in [-0.05, 0) is 23.1 Å². The minimum Gasteiger partial charge on any atom is -0.506 e. The monoisotopic (exact) mass is 352 g/mol. The van der Waals surface area contributed by atoms with Crippen molar-refractivity contribution in [3.63, 3.8) is 0 Å². The third-order valence-electron chi connectivity index (χ3n) is 4.28. The number of fused-ring (bicyclic) bond motifs is 2. The SMILES string of the molecule is O=C(O)c1c(C(=O)O)c(-c2ccc3c(c2)OCO3)c2ccccc2c1O. The van der Waals surface area contributed by atoms with Crippen molar-refractivity contribution in [1.29, 1.82) is 0 Å². The van der Waals surface area contributed by atoms with Crippen LogP contribution in [-0.2, 0) is 0 Å². The van der Waals surface area contributed by atoms with Crippen LogP contribution in [0.25, 0.3) is 21.9 Å². The van der Waals surface area contributed by atoms with Crippen molar-refractivity contribution in [2.24, 2.45) is 0 Å². The molecule has 0 spiro atoms. The molecule has 1 aliphatic rings. The Morgan fingerprint density at radius 1 is 0.846 bits per heavy atom. The topological polar surface area (TPSA) is 113 Å². The molecule has 0 fully saturated rings. The summed E-state index contributed by atoms with van der Waals surface area (Å²) in [7, 11) is 0. The van der Waals surface area contributed by atoms with Crippen LogP contribution in [0.5, 0.6) is 17.2 Å². The quantitative estimate of drug-likeness (QED) is 0.662. The number of aromatic carboxylic acids is 2. The van der Waals surface area contributed by atoms with Crippen LogP contribution in [0.15, 0.2) is 42.5 Å². The van der Waals surface area contributed by atoms with E-state index in [4.69, 9.17) is 9.47 Å². The summed E-state index contributed by atoms with van der Waals surface area (Å²) in [4.78, 5) is 23.6. The van der Waals surface area contributed by atoms with Crippen molar-refractivity contribution in [3.8, 4) is 28.4 Å². The van der Waals surface area contributed by atoms with Crippen LogP contribution in [0.2, 0.25) is 0 Å². The average Bonchev–Trinajstić information content (AvgIpc) is 3.08. The molecule has 0 saturated carbocycles. The minimum atomic E-state index is -1.52. The molecular formula is C19H12O7. The molecule has 3 aromatic rings. The Morgan fingerprint density at radius 2 is 1.50 bits per heavy atom. The third kappa shape index (κ3) is 2.21. The molecule has 0 amide bonds. The second-order valence-electron chi connectivity index (χ2n) is 5.70. The summed E-state index contributed by atoms with van der Waals surface area (Å²) in [5, 5.41) is 30.3. The number of aromatic hydroxyl groups is 1. The number of hydrogen-bond donors (Lipinski definition) is 3. The van der Waals surface area contributed by atoms with Gasteiger partial charge in [-0.15, -0.1) is 0 Å². The van der Waals surface area contributed by atoms with Gasteiger partial charge in [-0.1, -0.05) is 30.3 Å². The van der Waals surface area contributed by atoms with Gasteiger partial charge in [0.2, 0.25) is 6.79 Å². The summed E-state index contributed by atoms with van der Waals surface area (Å²) in [6.45, 7) is 0.0568. The van der Waals surface area contributed by atoms with Crippen molar-refractivity contribution in [3.05, 3.63) is 53.6 Å². The molecule has 3 aromatic carbocycles. The highest BCUT2D eigenvalue weighted by molar-refractivity contribution is 6.17. The largest absolute Gasteiger partial charge is 0.506 e. The van der Waals surface area contributed by atoms with E-state index in [0.29, 0.717) is 22.4 Å². The normalized spacial score (nSPS) is 12.3. The predicted molar refractivity (Wildman–Crippen MR) is 91.1 cm³/mol. The molecule has 26 heavy (non-hydrogen) atoms. The zero-order valence-corrected chi connectivity index (χ0v) is 13.2. The number of carboxylic acids is 2. The van der Waals surface area contributed by atoms with Crippen LogP contribution in [0.4, 0.5) is 0 Å². The van der Waals surface area contributed by atoms with E-state index in [1.807, 2.05) is 0 Å². The number of rotatable bonds is 3. The lowest BCUT2D eigenvalue weighted by Gasteiger charge is -2.16. The standard InChI is InChI=1S/C19H12O7/c20-17-11-4-2-1-3-10(11)14(15(18(21)22)16(17)19(23)24)9-5-6-12-13(7-9)26-8-25-12/h1-7,20H,8H2,(H,21,22)(H,23,24). The van der Waals surface area contributed by atoms with Crippen LogP contribution in [0, 0.1) is 0 Å². The molecule has 4 rings (SSSR count). The van der Waals surface area contributed by atoms with E-state index in [2.05, 4.69) is 0 Å². The summed E-state index contributed by atoms with van der Waals surface area (Å²) >= 11 is 0. The van der Waals surface area contributed by atoms with Crippen LogP contribution < -0.4 is 9.47 Å². The number of phenols is 1. The van der Waals surface area contributed by atoms with Gasteiger partial charge in [-0.3, -0.25) is 0 Å². The average molecular weight is 352 g/mol. The Hall–Kier alpha value is -3.74. The molecule has 7 nitrogen and oxygen atoms in total. The predicted octanol–water partition coefficient (Wildman–Crippen LogP) is 3.34. The van der Waals surface area contributed by atoms with Crippen LogP contribution in [-0.4, -0.2) is 34.1 Å². The molecule has 0 aromatic heterocycles. The second-order valence-corrected chi connectivity index (χ2v) is 5.70. The fourth-order valence-corrected chi connectivity index (χ4v) is 3.19. The summed E-state index contributed by atoms with van der Waals surface area (Å²) in [6, 6.07) is 11.4. The van der Waals surface area contributed by atoms with E-state index in [1.54, 1.807) is 42.5 Å². The summed E-state index contributed by atoms with van der Waals surface area (Å²) < 4.78 is 10.6. The minimum absolute atomic E-state index is 0.0568. The summed E-state index contributed by atoms with van der Waals surface area (Å²) in [6.07, 6.45) is 0. The molecule has 0 atom stereocenters. The Kier molecular flexibility index (Phi) is 3.43. The number of hydrogen-bond acceptors (Lipinski definition) is 5. The van der Waals surface area contributed by atoms with E-state index >= 15 is 0 Å². The molecular weight excluding hydrogens is 340 g/mol. The van der Waals surface area contributed by atoms with Gasteiger partial charge >= 0.3 is 11.9 Å². The smallest absolute Gasteiger partial charge is 0.340 e. The van der Waals surface area contributed by atoms with Gasteiger partial charge < -0.3 is 24.8 Å². The van der Waals surface area contributed by atoms with Gasteiger partial charge in [-0.2, -0.15) is 0 Å². The van der Waals surface area contributed by atoms with Crippen LogP contribution in [0.3, 0.4) is 0 Å². The molecule has 7 heteroatoms. The number of benzene rings is 3. The van der Waals surface area contributed by atoms with Crippen molar-refractivity contribution in [2.75, 3.05) is 6.79 Å². The first kappa shape index (κ1) is 15.8. The highest BCUT2D eigenvalue weighted by Gasteiger charge is 2.29. The molecule has 0 aliphatic carbocycles. The molecule has 3 N–H and O–H groups in total. The fraction of sp³-hybridized carbons (Fsp3) is 0.0526. The van der Waals surface area contributed by atoms with Crippen molar-refractivity contribution in [2.45, 2.75) is 0 Å². The summed E-state index contributed by atoms with van der Waals surface area (Å²) in [5.41, 5.74) is -0.483. The first-order chi connectivity index (χ1) is 12.5. The third-order valence-corrected chi connectivity index (χ3v) is 4.28. The second kappa shape index (κ2) is 5.66. The molecule has 0 unspecified atom stereocenters. The Balaban J connectivity index is 2.16. The van der Waals surface area contributed by atoms with Gasteiger partial charge in [-0.25, -0.2) is 9.59 Å². The van der Waals surface area contributed by atoms with Crippen molar-refractivity contribution < 1.29 is 34.4 Å². The Bertz CT molecular complexity index is 1080. The lowest BCUT2D eigenvalue weighted by atomic mass is 9.88. The van der Waals surface area contributed by atoms with E-state index in [9.17, 15) is 24.9 Å². The lowest BCUT2D eigenvalue weighted by Crippen LogP contribution is -2.11. The number of carbonyl (C=O) groups is 2. The maximum absolute atomic E-state index is 11.9. The first-order valence-electron chi connectivity index (χ1n) is 7.63. The van der Waals surface area contributed by atoms with E-state index in [0.717, 1.165) is 0 Å². The van der Waals surface area contributed by atoms with Crippen LogP contribution in [0.1, 0.15) is 20.7 Å². The lowest BCUT2D eigenvalue weighted by molar-refractivity contribution is 0.0649. The molecule has 0 radical (unpaired) electrons. The van der Waals surface area contributed by atoms with E-state index in [1.165, 1.54) is 0 Å². The maximum atomic E-state index is 11.9. The Labute approximate surface area is 146 Å². The van der Waals surface area contributed by atoms with Gasteiger partial charge in [0.15, 0.2) is 11.5 Å². The fourth-order valence-electron chi connectivity index (χ4n) is 3.19. The van der Waals surface area contributed by atoms with Crippen LogP contribution >= 0.6 is 0 Å². The van der Waals surface area contributed by atoms with Crippen molar-refractivity contribution >= 4 is 22.7 Å². The zero-order chi connectivity index (χ0) is 18.4. The van der Waals surface area contributed by atoms with Gasteiger partial charge in [0.05, 0.1) is 5.56 Å². The highest BCUT2D eigenvalue weighted by Crippen LogP contribution is 2.43. The molecule has 1 aliphatic heterocycles.